The Kier molecular flexibility index (Phi) is 7.88. The molecule has 144 valence electrons. The second kappa shape index (κ2) is 9.42. The van der Waals surface area contributed by atoms with Gasteiger partial charge >= 0.3 is 12.1 Å². The van der Waals surface area contributed by atoms with Crippen molar-refractivity contribution in [1.29, 1.82) is 0 Å². The van der Waals surface area contributed by atoms with Gasteiger partial charge in [-0.25, -0.2) is 9.59 Å². The minimum absolute atomic E-state index is 0.0156. The quantitative estimate of drug-likeness (QED) is 0.539. The number of ether oxygens (including phenoxy) is 1. The minimum atomic E-state index is -1.12. The lowest BCUT2D eigenvalue weighted by Gasteiger charge is -2.31. The number of hydrogen-bond donors (Lipinski definition) is 1. The van der Waals surface area contributed by atoms with Crippen LogP contribution in [0, 0.1) is 10.1 Å². The van der Waals surface area contributed by atoms with E-state index in [1.807, 2.05) is 6.26 Å². The molecule has 0 aliphatic rings. The monoisotopic (exact) mass is 384 g/mol. The van der Waals surface area contributed by atoms with Crippen LogP contribution in [0.1, 0.15) is 32.8 Å². The average Bonchev–Trinajstić information content (AvgIpc) is 2.52. The number of non-ortho nitro benzene ring substituents is 1. The molecule has 26 heavy (non-hydrogen) atoms. The van der Waals surface area contributed by atoms with E-state index in [4.69, 9.17) is 4.74 Å². The Morgan fingerprint density at radius 1 is 1.31 bits per heavy atom. The van der Waals surface area contributed by atoms with Gasteiger partial charge in [0.1, 0.15) is 11.6 Å². The van der Waals surface area contributed by atoms with E-state index in [1.54, 1.807) is 20.8 Å². The first kappa shape index (κ1) is 21.8. The van der Waals surface area contributed by atoms with Gasteiger partial charge in [0.15, 0.2) is 0 Å². The van der Waals surface area contributed by atoms with Gasteiger partial charge in [0.25, 0.3) is 5.69 Å². The summed E-state index contributed by atoms with van der Waals surface area (Å²) in [7, 11) is 0. The third-order valence-electron chi connectivity index (χ3n) is 3.38. The summed E-state index contributed by atoms with van der Waals surface area (Å²) in [6.45, 7) is 5.09. The number of carboxylic acid groups (broad SMARTS) is 1. The topological polar surface area (TPSA) is 110 Å². The number of nitro benzene ring substituents is 1. The first-order chi connectivity index (χ1) is 12.0. The molecule has 0 fully saturated rings. The number of aliphatic carboxylic acids is 1. The highest BCUT2D eigenvalue weighted by Crippen LogP contribution is 2.20. The first-order valence-corrected chi connectivity index (χ1v) is 9.39. The number of carbonyl (C=O) groups excluding carboxylic acids is 1. The van der Waals surface area contributed by atoms with Crippen molar-refractivity contribution >= 4 is 29.5 Å². The van der Waals surface area contributed by atoms with Crippen molar-refractivity contribution in [1.82, 2.24) is 4.90 Å². The molecule has 9 heteroatoms. The summed E-state index contributed by atoms with van der Waals surface area (Å²) in [5.41, 5.74) is -0.264. The summed E-state index contributed by atoms with van der Waals surface area (Å²) < 4.78 is 5.35. The van der Waals surface area contributed by atoms with Gasteiger partial charge < -0.3 is 9.84 Å². The van der Waals surface area contributed by atoms with Crippen molar-refractivity contribution in [3.63, 3.8) is 0 Å². The number of nitro groups is 1. The van der Waals surface area contributed by atoms with Crippen molar-refractivity contribution in [3.8, 4) is 0 Å². The normalized spacial score (nSPS) is 12.3. The fourth-order valence-electron chi connectivity index (χ4n) is 2.18. The van der Waals surface area contributed by atoms with Crippen LogP contribution in [0.25, 0.3) is 0 Å². The first-order valence-electron chi connectivity index (χ1n) is 8.00. The van der Waals surface area contributed by atoms with Crippen LogP contribution in [0.5, 0.6) is 0 Å². The Balaban J connectivity index is 3.10. The molecule has 1 aromatic rings. The van der Waals surface area contributed by atoms with Crippen LogP contribution in [-0.2, 0) is 16.1 Å². The maximum atomic E-state index is 12.6. The number of nitrogens with zero attached hydrogens (tertiary/aromatic N) is 2. The molecule has 1 N–H and O–H groups in total. The summed E-state index contributed by atoms with van der Waals surface area (Å²) >= 11 is 1.48. The number of amides is 1. The van der Waals surface area contributed by atoms with Crippen molar-refractivity contribution in [2.75, 3.05) is 12.0 Å². The number of hydrogen-bond acceptors (Lipinski definition) is 6. The largest absolute Gasteiger partial charge is 0.480 e. The highest BCUT2D eigenvalue weighted by atomic mass is 32.2. The van der Waals surface area contributed by atoms with E-state index >= 15 is 0 Å². The van der Waals surface area contributed by atoms with Gasteiger partial charge in [-0.15, -0.1) is 0 Å². The van der Waals surface area contributed by atoms with E-state index in [2.05, 4.69) is 0 Å². The molecule has 0 aliphatic heterocycles. The van der Waals surface area contributed by atoms with Gasteiger partial charge in [-0.3, -0.25) is 15.0 Å². The highest BCUT2D eigenvalue weighted by molar-refractivity contribution is 7.98. The Morgan fingerprint density at radius 2 is 1.88 bits per heavy atom. The van der Waals surface area contributed by atoms with E-state index in [0.717, 1.165) is 4.90 Å². The summed E-state index contributed by atoms with van der Waals surface area (Å²) in [6.07, 6.45) is 1.39. The van der Waals surface area contributed by atoms with Crippen LogP contribution >= 0.6 is 11.8 Å². The smallest absolute Gasteiger partial charge is 0.411 e. The van der Waals surface area contributed by atoms with Crippen molar-refractivity contribution in [2.24, 2.45) is 0 Å². The molecule has 8 nitrogen and oxygen atoms in total. The van der Waals surface area contributed by atoms with E-state index in [9.17, 15) is 24.8 Å². The predicted molar refractivity (Wildman–Crippen MR) is 99.3 cm³/mol. The van der Waals surface area contributed by atoms with Gasteiger partial charge in [0.2, 0.25) is 0 Å². The number of benzene rings is 1. The summed E-state index contributed by atoms with van der Waals surface area (Å²) in [5.74, 6) is -0.553. The molecule has 0 spiro atoms. The number of thioether (sulfide) groups is 1. The van der Waals surface area contributed by atoms with Gasteiger partial charge in [-0.05, 0) is 44.8 Å². The second-order valence-corrected chi connectivity index (χ2v) is 7.65. The molecule has 0 saturated carbocycles. The molecule has 0 bridgehead atoms. The van der Waals surface area contributed by atoms with E-state index < -0.39 is 28.6 Å². The zero-order valence-corrected chi connectivity index (χ0v) is 16.1. The predicted octanol–water partition coefficient (Wildman–Crippen LogP) is 3.54. The van der Waals surface area contributed by atoms with Gasteiger partial charge in [-0.1, -0.05) is 12.1 Å². The van der Waals surface area contributed by atoms with Crippen LogP contribution in [0.3, 0.4) is 0 Å². The molecule has 0 saturated heterocycles. The third-order valence-corrected chi connectivity index (χ3v) is 4.03. The molecule has 0 aliphatic carbocycles. The Hall–Kier alpha value is -2.29. The zero-order chi connectivity index (χ0) is 19.9. The molecule has 1 aromatic carbocycles. The van der Waals surface area contributed by atoms with Crippen LogP contribution in [0.4, 0.5) is 10.5 Å². The SMILES string of the molecule is CSCC[C@@H](C(=O)O)N(Cc1ccc([N+](=O)[O-])cc1)C(=O)OC(C)(C)C. The fraction of sp³-hybridized carbons (Fsp3) is 0.529. The van der Waals surface area contributed by atoms with E-state index in [1.165, 1.54) is 36.0 Å². The van der Waals surface area contributed by atoms with Crippen molar-refractivity contribution in [3.05, 3.63) is 39.9 Å². The van der Waals surface area contributed by atoms with Gasteiger partial charge in [-0.2, -0.15) is 11.8 Å². The lowest BCUT2D eigenvalue weighted by atomic mass is 10.1. The molecular formula is C17H24N2O6S. The summed E-state index contributed by atoms with van der Waals surface area (Å²) in [5, 5.41) is 20.3. The molecule has 1 atom stereocenters. The highest BCUT2D eigenvalue weighted by Gasteiger charge is 2.32. The fourth-order valence-corrected chi connectivity index (χ4v) is 2.64. The van der Waals surface area contributed by atoms with E-state index in [-0.39, 0.29) is 18.7 Å². The van der Waals surface area contributed by atoms with Crippen molar-refractivity contribution < 1.29 is 24.4 Å². The lowest BCUT2D eigenvalue weighted by Crippen LogP contribution is -2.47. The molecule has 0 heterocycles. The number of carboxylic acids is 1. The molecule has 0 unspecified atom stereocenters. The Bertz CT molecular complexity index is 642. The summed E-state index contributed by atoms with van der Waals surface area (Å²) in [6, 6.07) is 4.60. The van der Waals surface area contributed by atoms with E-state index in [0.29, 0.717) is 11.3 Å². The summed E-state index contributed by atoms with van der Waals surface area (Å²) in [4.78, 5) is 35.7. The maximum Gasteiger partial charge on any atom is 0.411 e. The molecule has 1 amide bonds. The van der Waals surface area contributed by atoms with Crippen LogP contribution in [0.2, 0.25) is 0 Å². The molecule has 0 radical (unpaired) electrons. The van der Waals surface area contributed by atoms with Crippen LogP contribution < -0.4 is 0 Å². The Labute approximate surface area is 156 Å². The van der Waals surface area contributed by atoms with Crippen LogP contribution in [-0.4, -0.2) is 50.6 Å². The van der Waals surface area contributed by atoms with Gasteiger partial charge in [0.05, 0.1) is 4.92 Å². The lowest BCUT2D eigenvalue weighted by molar-refractivity contribution is -0.384. The van der Waals surface area contributed by atoms with Crippen LogP contribution in [0.15, 0.2) is 24.3 Å². The third kappa shape index (κ3) is 6.91. The molecule has 0 aromatic heterocycles. The average molecular weight is 384 g/mol. The van der Waals surface area contributed by atoms with Gasteiger partial charge in [0, 0.05) is 18.7 Å². The number of rotatable bonds is 8. The minimum Gasteiger partial charge on any atom is -0.480 e. The molecular weight excluding hydrogens is 360 g/mol. The zero-order valence-electron chi connectivity index (χ0n) is 15.3. The standard InChI is InChI=1S/C17H24N2O6S/c1-17(2,3)25-16(22)18(14(15(20)21)9-10-26-4)11-12-5-7-13(8-6-12)19(23)24/h5-8,14H,9-11H2,1-4H3,(H,20,21)/t14-/m0/s1. The maximum absolute atomic E-state index is 12.6. The second-order valence-electron chi connectivity index (χ2n) is 6.67. The van der Waals surface area contributed by atoms with Crippen molar-refractivity contribution in [2.45, 2.75) is 45.4 Å². The Morgan fingerprint density at radius 3 is 2.31 bits per heavy atom. The molecule has 1 rings (SSSR count). The number of carbonyl (C=O) groups is 2.